The summed E-state index contributed by atoms with van der Waals surface area (Å²) in [7, 11) is 1.54. The second-order valence-electron chi connectivity index (χ2n) is 8.57. The predicted molar refractivity (Wildman–Crippen MR) is 134 cm³/mol. The van der Waals surface area contributed by atoms with Gasteiger partial charge in [0.05, 0.1) is 32.6 Å². The second kappa shape index (κ2) is 10.7. The number of anilines is 1. The molecule has 0 aromatic heterocycles. The zero-order valence-corrected chi connectivity index (χ0v) is 20.1. The molecule has 0 spiro atoms. The quantitative estimate of drug-likeness (QED) is 0.528. The molecule has 186 valence electrons. The van der Waals surface area contributed by atoms with Crippen LogP contribution in [0.5, 0.6) is 17.2 Å². The Balaban J connectivity index is 1.37. The number of fused-ring (bicyclic) bond motifs is 1. The molecule has 0 unspecified atom stereocenters. The van der Waals surface area contributed by atoms with E-state index in [0.29, 0.717) is 61.4 Å². The van der Waals surface area contributed by atoms with Crippen molar-refractivity contribution in [2.45, 2.75) is 12.7 Å². The summed E-state index contributed by atoms with van der Waals surface area (Å²) in [5.41, 5.74) is 2.07. The van der Waals surface area contributed by atoms with Crippen LogP contribution in [0.1, 0.15) is 15.9 Å². The van der Waals surface area contributed by atoms with Gasteiger partial charge in [0.2, 0.25) is 0 Å². The van der Waals surface area contributed by atoms with Crippen LogP contribution in [-0.2, 0) is 16.1 Å². The van der Waals surface area contributed by atoms with Crippen molar-refractivity contribution in [2.24, 2.45) is 0 Å². The monoisotopic (exact) mass is 488 g/mol. The Morgan fingerprint density at radius 3 is 2.47 bits per heavy atom. The number of hydrogen-bond acceptors (Lipinski definition) is 6. The van der Waals surface area contributed by atoms with E-state index in [9.17, 15) is 9.59 Å². The molecule has 1 atom stereocenters. The molecule has 8 nitrogen and oxygen atoms in total. The standard InChI is InChI=1S/C28H28N2O6/c1-33-25-17-21(11-12-24(25)35-19-20-7-3-2-4-8-20)27(31)30-18-26(28(32)29-13-15-34-16-14-29)36-23-10-6-5-9-22(23)30/h2-12,17,26H,13-16,18-19H2,1H3/t26-/m1/s1. The van der Waals surface area contributed by atoms with Crippen LogP contribution in [0.15, 0.2) is 72.8 Å². The van der Waals surface area contributed by atoms with E-state index in [1.807, 2.05) is 48.5 Å². The molecule has 3 aromatic carbocycles. The van der Waals surface area contributed by atoms with Crippen molar-refractivity contribution in [3.8, 4) is 17.2 Å². The molecule has 36 heavy (non-hydrogen) atoms. The Hall–Kier alpha value is -4.04. The number of ether oxygens (including phenoxy) is 4. The molecule has 1 fully saturated rings. The Kier molecular flexibility index (Phi) is 7.04. The smallest absolute Gasteiger partial charge is 0.265 e. The largest absolute Gasteiger partial charge is 0.493 e. The lowest BCUT2D eigenvalue weighted by Crippen LogP contribution is -2.54. The highest BCUT2D eigenvalue weighted by Gasteiger charge is 2.36. The number of benzene rings is 3. The minimum Gasteiger partial charge on any atom is -0.493 e. The van der Waals surface area contributed by atoms with E-state index in [2.05, 4.69) is 0 Å². The first kappa shape index (κ1) is 23.7. The molecule has 3 aromatic rings. The van der Waals surface area contributed by atoms with Crippen molar-refractivity contribution in [1.29, 1.82) is 0 Å². The first-order valence-electron chi connectivity index (χ1n) is 11.9. The third-order valence-corrected chi connectivity index (χ3v) is 6.26. The van der Waals surface area contributed by atoms with E-state index in [4.69, 9.17) is 18.9 Å². The van der Waals surface area contributed by atoms with Gasteiger partial charge in [0.1, 0.15) is 12.4 Å². The van der Waals surface area contributed by atoms with Gasteiger partial charge in [-0.1, -0.05) is 42.5 Å². The summed E-state index contributed by atoms with van der Waals surface area (Å²) in [6.07, 6.45) is -0.794. The lowest BCUT2D eigenvalue weighted by atomic mass is 10.1. The van der Waals surface area contributed by atoms with Gasteiger partial charge >= 0.3 is 0 Å². The van der Waals surface area contributed by atoms with E-state index < -0.39 is 6.10 Å². The molecule has 2 heterocycles. The van der Waals surface area contributed by atoms with Crippen molar-refractivity contribution in [3.63, 3.8) is 0 Å². The zero-order valence-electron chi connectivity index (χ0n) is 20.1. The number of nitrogens with zero attached hydrogens (tertiary/aromatic N) is 2. The fourth-order valence-corrected chi connectivity index (χ4v) is 4.35. The molecule has 0 aliphatic carbocycles. The van der Waals surface area contributed by atoms with Gasteiger partial charge in [0.15, 0.2) is 17.6 Å². The van der Waals surface area contributed by atoms with E-state index in [1.165, 1.54) is 0 Å². The van der Waals surface area contributed by atoms with Crippen LogP contribution in [0.3, 0.4) is 0 Å². The van der Waals surface area contributed by atoms with Crippen molar-refractivity contribution in [2.75, 3.05) is 44.9 Å². The Morgan fingerprint density at radius 1 is 0.944 bits per heavy atom. The summed E-state index contributed by atoms with van der Waals surface area (Å²) in [4.78, 5) is 30.2. The SMILES string of the molecule is COc1cc(C(=O)N2C[C@H](C(=O)N3CCOCC3)Oc3ccccc32)ccc1OCc1ccccc1. The van der Waals surface area contributed by atoms with Crippen molar-refractivity contribution in [1.82, 2.24) is 4.90 Å². The normalized spacial score (nSPS) is 17.1. The van der Waals surface area contributed by atoms with Gasteiger partial charge < -0.3 is 28.7 Å². The van der Waals surface area contributed by atoms with Gasteiger partial charge in [-0.3, -0.25) is 9.59 Å². The van der Waals surface area contributed by atoms with Gasteiger partial charge in [-0.15, -0.1) is 0 Å². The van der Waals surface area contributed by atoms with Gasteiger partial charge in [0, 0.05) is 18.7 Å². The third kappa shape index (κ3) is 4.99. The molecule has 2 aliphatic rings. The Bertz CT molecular complexity index is 1230. The summed E-state index contributed by atoms with van der Waals surface area (Å²) in [6.45, 7) is 2.51. The number of methoxy groups -OCH3 is 1. The molecular weight excluding hydrogens is 460 g/mol. The van der Waals surface area contributed by atoms with E-state index >= 15 is 0 Å². The number of rotatable bonds is 6. The summed E-state index contributed by atoms with van der Waals surface area (Å²) in [5.74, 6) is 1.10. The number of carbonyl (C=O) groups is 2. The van der Waals surface area contributed by atoms with Crippen molar-refractivity contribution in [3.05, 3.63) is 83.9 Å². The highest BCUT2D eigenvalue weighted by atomic mass is 16.5. The summed E-state index contributed by atoms with van der Waals surface area (Å²) >= 11 is 0. The average Bonchev–Trinajstić information content (AvgIpc) is 2.95. The van der Waals surface area contributed by atoms with Gasteiger partial charge in [-0.25, -0.2) is 0 Å². The third-order valence-electron chi connectivity index (χ3n) is 6.26. The lowest BCUT2D eigenvalue weighted by molar-refractivity contribution is -0.142. The van der Waals surface area contributed by atoms with Crippen molar-refractivity contribution >= 4 is 17.5 Å². The maximum atomic E-state index is 13.7. The van der Waals surface area contributed by atoms with Crippen LogP contribution in [-0.4, -0.2) is 62.8 Å². The molecule has 5 rings (SSSR count). The van der Waals surface area contributed by atoms with E-state index in [0.717, 1.165) is 5.56 Å². The number of carbonyl (C=O) groups excluding carboxylic acids is 2. The molecule has 8 heteroatoms. The fraction of sp³-hybridized carbons (Fsp3) is 0.286. The molecule has 2 aliphatic heterocycles. The number of amides is 2. The molecule has 0 saturated carbocycles. The van der Waals surface area contributed by atoms with Crippen LogP contribution in [0, 0.1) is 0 Å². The van der Waals surface area contributed by atoms with Crippen LogP contribution >= 0.6 is 0 Å². The summed E-state index contributed by atoms with van der Waals surface area (Å²) in [6, 6.07) is 22.2. The van der Waals surface area contributed by atoms with Gasteiger partial charge in [-0.05, 0) is 35.9 Å². The van der Waals surface area contributed by atoms with Crippen LogP contribution in [0.25, 0.3) is 0 Å². The maximum absolute atomic E-state index is 13.7. The maximum Gasteiger partial charge on any atom is 0.265 e. The first-order valence-corrected chi connectivity index (χ1v) is 11.9. The van der Waals surface area contributed by atoms with E-state index in [-0.39, 0.29) is 18.4 Å². The molecule has 0 N–H and O–H groups in total. The van der Waals surface area contributed by atoms with Crippen LogP contribution in [0.2, 0.25) is 0 Å². The highest BCUT2D eigenvalue weighted by molar-refractivity contribution is 6.08. The van der Waals surface area contributed by atoms with Crippen molar-refractivity contribution < 1.29 is 28.5 Å². The Labute approximate surface area is 209 Å². The van der Waals surface area contributed by atoms with Gasteiger partial charge in [0.25, 0.3) is 11.8 Å². The molecule has 2 amide bonds. The predicted octanol–water partition coefficient (Wildman–Crippen LogP) is 3.54. The summed E-state index contributed by atoms with van der Waals surface area (Å²) in [5, 5.41) is 0. The van der Waals surface area contributed by atoms with E-state index in [1.54, 1.807) is 41.2 Å². The fourth-order valence-electron chi connectivity index (χ4n) is 4.35. The summed E-state index contributed by atoms with van der Waals surface area (Å²) < 4.78 is 22.9. The number of morpholine rings is 1. The van der Waals surface area contributed by atoms with Gasteiger partial charge in [-0.2, -0.15) is 0 Å². The minimum absolute atomic E-state index is 0.112. The van der Waals surface area contributed by atoms with Crippen LogP contribution in [0.4, 0.5) is 5.69 Å². The molecule has 1 saturated heterocycles. The number of para-hydroxylation sites is 2. The average molecular weight is 489 g/mol. The molecular formula is C28H28N2O6. The second-order valence-corrected chi connectivity index (χ2v) is 8.57. The number of hydrogen-bond donors (Lipinski definition) is 0. The molecule has 0 bridgehead atoms. The first-order chi connectivity index (χ1) is 17.6. The molecule has 0 radical (unpaired) electrons. The van der Waals surface area contributed by atoms with Crippen LogP contribution < -0.4 is 19.1 Å². The lowest BCUT2D eigenvalue weighted by Gasteiger charge is -2.37. The minimum atomic E-state index is -0.794. The zero-order chi connectivity index (χ0) is 24.9. The topological polar surface area (TPSA) is 77.5 Å². The highest BCUT2D eigenvalue weighted by Crippen LogP contribution is 2.36. The Morgan fingerprint density at radius 2 is 1.69 bits per heavy atom.